The van der Waals surface area contributed by atoms with Gasteiger partial charge in [-0.15, -0.1) is 0 Å². The number of nitrogens with one attached hydrogen (secondary N) is 1. The van der Waals surface area contributed by atoms with Crippen LogP contribution in [0, 0.1) is 0 Å². The Balaban J connectivity index is 1.87. The van der Waals surface area contributed by atoms with E-state index in [-0.39, 0.29) is 11.9 Å². The molecule has 0 bridgehead atoms. The Morgan fingerprint density at radius 1 is 1.50 bits per heavy atom. The highest BCUT2D eigenvalue weighted by Gasteiger charge is 2.27. The normalized spacial score (nSPS) is 15.8. The molecule has 104 valence electrons. The summed E-state index contributed by atoms with van der Waals surface area (Å²) in [5.74, 6) is 0.798. The first-order chi connectivity index (χ1) is 9.65. The highest BCUT2D eigenvalue weighted by molar-refractivity contribution is 5.81. The molecule has 1 fully saturated rings. The third kappa shape index (κ3) is 2.52. The van der Waals surface area contributed by atoms with Crippen LogP contribution in [0.25, 0.3) is 11.4 Å². The number of carbonyl (C=O) groups excluding carboxylic acids is 1. The molecule has 0 saturated heterocycles. The predicted octanol–water partition coefficient (Wildman–Crippen LogP) is 1.97. The van der Waals surface area contributed by atoms with Gasteiger partial charge in [-0.05, 0) is 31.9 Å². The van der Waals surface area contributed by atoms with E-state index in [0.717, 1.165) is 24.2 Å². The summed E-state index contributed by atoms with van der Waals surface area (Å²) in [5, 5.41) is 3.02. The van der Waals surface area contributed by atoms with E-state index in [9.17, 15) is 4.79 Å². The maximum Gasteiger partial charge on any atom is 0.243 e. The molecular formula is C15H18N4O. The largest absolute Gasteiger partial charge is 0.399 e. The minimum Gasteiger partial charge on any atom is -0.399 e. The van der Waals surface area contributed by atoms with Crippen LogP contribution in [0.4, 0.5) is 5.69 Å². The number of aromatic nitrogens is 2. The molecule has 1 amide bonds. The van der Waals surface area contributed by atoms with Crippen molar-refractivity contribution in [3.63, 3.8) is 0 Å². The molecule has 1 saturated carbocycles. The lowest BCUT2D eigenvalue weighted by molar-refractivity contribution is -0.124. The number of hydrogen-bond donors (Lipinski definition) is 2. The van der Waals surface area contributed by atoms with Gasteiger partial charge in [0.15, 0.2) is 0 Å². The van der Waals surface area contributed by atoms with Crippen LogP contribution in [-0.4, -0.2) is 21.5 Å². The molecule has 1 unspecified atom stereocenters. The van der Waals surface area contributed by atoms with Crippen LogP contribution in [0.1, 0.15) is 25.8 Å². The Hall–Kier alpha value is -2.30. The third-order valence-corrected chi connectivity index (χ3v) is 3.53. The van der Waals surface area contributed by atoms with Crippen LogP contribution in [0.2, 0.25) is 0 Å². The lowest BCUT2D eigenvalue weighted by Crippen LogP contribution is -2.32. The van der Waals surface area contributed by atoms with E-state index in [1.165, 1.54) is 0 Å². The Morgan fingerprint density at radius 2 is 2.30 bits per heavy atom. The molecule has 0 spiro atoms. The van der Waals surface area contributed by atoms with Crippen LogP contribution in [0.5, 0.6) is 0 Å². The molecule has 5 nitrogen and oxygen atoms in total. The minimum absolute atomic E-state index is 0.0376. The summed E-state index contributed by atoms with van der Waals surface area (Å²) in [4.78, 5) is 16.5. The molecule has 5 heteroatoms. The monoisotopic (exact) mass is 270 g/mol. The Kier molecular flexibility index (Phi) is 3.18. The van der Waals surface area contributed by atoms with Gasteiger partial charge in [-0.3, -0.25) is 4.79 Å². The van der Waals surface area contributed by atoms with Gasteiger partial charge in [0.05, 0.1) is 0 Å². The van der Waals surface area contributed by atoms with Crippen LogP contribution in [0.3, 0.4) is 0 Å². The number of anilines is 1. The number of nitrogens with two attached hydrogens (primary N) is 1. The lowest BCUT2D eigenvalue weighted by atomic mass is 10.2. The number of nitrogen functional groups attached to an aromatic ring is 1. The van der Waals surface area contributed by atoms with E-state index in [0.29, 0.717) is 11.7 Å². The van der Waals surface area contributed by atoms with Gasteiger partial charge in [0.25, 0.3) is 0 Å². The minimum atomic E-state index is -0.283. The molecule has 2 aromatic rings. The number of imidazole rings is 1. The van der Waals surface area contributed by atoms with Gasteiger partial charge in [-0.2, -0.15) is 0 Å². The van der Waals surface area contributed by atoms with Gasteiger partial charge in [0, 0.05) is 29.7 Å². The first-order valence-corrected chi connectivity index (χ1v) is 6.84. The van der Waals surface area contributed by atoms with Gasteiger partial charge in [-0.1, -0.05) is 12.1 Å². The zero-order valence-corrected chi connectivity index (χ0v) is 11.4. The highest BCUT2D eigenvalue weighted by atomic mass is 16.2. The van der Waals surface area contributed by atoms with Crippen molar-refractivity contribution in [2.75, 3.05) is 5.73 Å². The summed E-state index contributed by atoms with van der Waals surface area (Å²) in [6.45, 7) is 1.88. The summed E-state index contributed by atoms with van der Waals surface area (Å²) >= 11 is 0. The summed E-state index contributed by atoms with van der Waals surface area (Å²) in [6, 6.07) is 7.61. The van der Waals surface area contributed by atoms with Gasteiger partial charge in [-0.25, -0.2) is 4.98 Å². The van der Waals surface area contributed by atoms with Crippen molar-refractivity contribution < 1.29 is 4.79 Å². The fourth-order valence-corrected chi connectivity index (χ4v) is 2.20. The van der Waals surface area contributed by atoms with Crippen LogP contribution in [-0.2, 0) is 4.79 Å². The maximum absolute atomic E-state index is 12.2. The fourth-order valence-electron chi connectivity index (χ4n) is 2.20. The van der Waals surface area contributed by atoms with Gasteiger partial charge >= 0.3 is 0 Å². The van der Waals surface area contributed by atoms with Crippen LogP contribution in [0.15, 0.2) is 36.7 Å². The second-order valence-electron chi connectivity index (χ2n) is 5.24. The van der Waals surface area contributed by atoms with Crippen molar-refractivity contribution in [1.29, 1.82) is 0 Å². The molecule has 1 heterocycles. The molecule has 1 aromatic heterocycles. The average molecular weight is 270 g/mol. The van der Waals surface area contributed by atoms with Gasteiger partial charge in [0.2, 0.25) is 5.91 Å². The van der Waals surface area contributed by atoms with E-state index in [1.54, 1.807) is 6.20 Å². The SMILES string of the molecule is CC(C(=O)NC1CC1)n1ccnc1-c1cccc(N)c1. The summed E-state index contributed by atoms with van der Waals surface area (Å²) in [6.07, 6.45) is 5.71. The second-order valence-corrected chi connectivity index (χ2v) is 5.24. The summed E-state index contributed by atoms with van der Waals surface area (Å²) in [7, 11) is 0. The van der Waals surface area contributed by atoms with Gasteiger partial charge in [0.1, 0.15) is 11.9 Å². The van der Waals surface area contributed by atoms with Gasteiger partial charge < -0.3 is 15.6 Å². The van der Waals surface area contributed by atoms with Crippen molar-refractivity contribution in [3.8, 4) is 11.4 Å². The second kappa shape index (κ2) is 5.00. The molecule has 1 aliphatic carbocycles. The molecule has 1 aliphatic rings. The number of amides is 1. The third-order valence-electron chi connectivity index (χ3n) is 3.53. The smallest absolute Gasteiger partial charge is 0.243 e. The Bertz CT molecular complexity index is 630. The first kappa shape index (κ1) is 12.7. The quantitative estimate of drug-likeness (QED) is 0.834. The summed E-state index contributed by atoms with van der Waals surface area (Å²) in [5.41, 5.74) is 7.41. The van der Waals surface area contributed by atoms with Crippen molar-refractivity contribution in [2.45, 2.75) is 31.8 Å². The number of benzene rings is 1. The van der Waals surface area contributed by atoms with E-state index in [2.05, 4.69) is 10.3 Å². The number of carbonyl (C=O) groups is 1. The molecule has 3 N–H and O–H groups in total. The highest BCUT2D eigenvalue weighted by Crippen LogP contribution is 2.24. The van der Waals surface area contributed by atoms with Crippen LogP contribution >= 0.6 is 0 Å². The van der Waals surface area contributed by atoms with E-state index < -0.39 is 0 Å². The number of hydrogen-bond acceptors (Lipinski definition) is 3. The molecule has 1 aromatic carbocycles. The average Bonchev–Trinajstić information content (AvgIpc) is 3.11. The van der Waals surface area contributed by atoms with E-state index in [1.807, 2.05) is 42.0 Å². The van der Waals surface area contributed by atoms with Crippen molar-refractivity contribution in [3.05, 3.63) is 36.7 Å². The summed E-state index contributed by atoms with van der Waals surface area (Å²) < 4.78 is 1.88. The van der Waals surface area contributed by atoms with Crippen molar-refractivity contribution in [2.24, 2.45) is 0 Å². The first-order valence-electron chi connectivity index (χ1n) is 6.84. The molecule has 3 rings (SSSR count). The van der Waals surface area contributed by atoms with Crippen molar-refractivity contribution in [1.82, 2.24) is 14.9 Å². The molecule has 1 atom stereocenters. The van der Waals surface area contributed by atoms with Crippen LogP contribution < -0.4 is 11.1 Å². The Morgan fingerprint density at radius 3 is 3.00 bits per heavy atom. The zero-order chi connectivity index (χ0) is 14.1. The van der Waals surface area contributed by atoms with E-state index >= 15 is 0 Å². The molecule has 20 heavy (non-hydrogen) atoms. The lowest BCUT2D eigenvalue weighted by Gasteiger charge is -2.16. The fraction of sp³-hybridized carbons (Fsp3) is 0.333. The zero-order valence-electron chi connectivity index (χ0n) is 11.4. The predicted molar refractivity (Wildman–Crippen MR) is 78.0 cm³/mol. The van der Waals surface area contributed by atoms with Crippen molar-refractivity contribution >= 4 is 11.6 Å². The topological polar surface area (TPSA) is 72.9 Å². The molecule has 0 aliphatic heterocycles. The number of nitrogens with zero attached hydrogens (tertiary/aromatic N) is 2. The Labute approximate surface area is 117 Å². The van der Waals surface area contributed by atoms with E-state index in [4.69, 9.17) is 5.73 Å². The number of rotatable bonds is 4. The molecular weight excluding hydrogens is 252 g/mol. The molecule has 0 radical (unpaired) electrons. The standard InChI is InChI=1S/C15H18N4O/c1-10(15(20)18-13-5-6-13)19-8-7-17-14(19)11-3-2-4-12(16)9-11/h2-4,7-10,13H,5-6,16H2,1H3,(H,18,20). The maximum atomic E-state index is 12.2.